The summed E-state index contributed by atoms with van der Waals surface area (Å²) in [6.07, 6.45) is 0.270. The highest BCUT2D eigenvalue weighted by atomic mass is 16.6. The summed E-state index contributed by atoms with van der Waals surface area (Å²) in [5.41, 5.74) is 2.59. The molecular weight excluding hydrogens is 364 g/mol. The number of methoxy groups -OCH3 is 2. The molecule has 0 atom stereocenters. The lowest BCUT2D eigenvalue weighted by atomic mass is 10.1. The normalized spacial score (nSPS) is 10.3. The van der Waals surface area contributed by atoms with Crippen LogP contribution in [0.4, 0.5) is 5.69 Å². The summed E-state index contributed by atoms with van der Waals surface area (Å²) in [4.78, 5) is 22.8. The Morgan fingerprint density at radius 1 is 1.07 bits per heavy atom. The Balaban J connectivity index is 1.93. The Kier molecular flexibility index (Phi) is 7.20. The van der Waals surface area contributed by atoms with E-state index in [2.05, 4.69) is 5.32 Å². The van der Waals surface area contributed by atoms with E-state index in [4.69, 9.17) is 14.2 Å². The summed E-state index contributed by atoms with van der Waals surface area (Å²) < 4.78 is 15.8. The molecule has 0 fully saturated rings. The smallest absolute Gasteiger partial charge is 0.276 e. The van der Waals surface area contributed by atoms with Gasteiger partial charge in [0.1, 0.15) is 5.75 Å². The standard InChI is InChI=1S/C20H24N2O6/c1-13-5-6-16(9-14(13)2)28-12-20(23)21-8-7-15-10-18(26-3)19(27-4)11-17(15)22(24)25/h5-6,9-11H,7-8,12H2,1-4H3,(H,21,23). The number of hydrogen-bond acceptors (Lipinski definition) is 6. The molecule has 1 N–H and O–H groups in total. The van der Waals surface area contributed by atoms with E-state index in [9.17, 15) is 14.9 Å². The van der Waals surface area contributed by atoms with Crippen molar-refractivity contribution >= 4 is 11.6 Å². The molecule has 0 aromatic heterocycles. The van der Waals surface area contributed by atoms with Gasteiger partial charge >= 0.3 is 0 Å². The van der Waals surface area contributed by atoms with Crippen molar-refractivity contribution in [2.75, 3.05) is 27.4 Å². The molecule has 2 rings (SSSR count). The van der Waals surface area contributed by atoms with Crippen LogP contribution in [0.25, 0.3) is 0 Å². The molecule has 8 nitrogen and oxygen atoms in total. The number of rotatable bonds is 9. The van der Waals surface area contributed by atoms with Crippen LogP contribution in [0.1, 0.15) is 16.7 Å². The third kappa shape index (κ3) is 5.35. The number of carbonyl (C=O) groups is 1. The number of aryl methyl sites for hydroxylation is 2. The second-order valence-corrected chi connectivity index (χ2v) is 6.23. The molecule has 0 spiro atoms. The molecule has 0 aliphatic carbocycles. The third-order valence-electron chi connectivity index (χ3n) is 4.35. The Labute approximate surface area is 163 Å². The number of carbonyl (C=O) groups excluding carboxylic acids is 1. The lowest BCUT2D eigenvalue weighted by Crippen LogP contribution is -2.30. The Hall–Kier alpha value is -3.29. The number of nitro groups is 1. The summed E-state index contributed by atoms with van der Waals surface area (Å²) in [5, 5.41) is 14.0. The lowest BCUT2D eigenvalue weighted by Gasteiger charge is -2.11. The van der Waals surface area contributed by atoms with E-state index in [1.54, 1.807) is 6.07 Å². The molecule has 0 radical (unpaired) electrons. The van der Waals surface area contributed by atoms with Gasteiger partial charge < -0.3 is 19.5 Å². The van der Waals surface area contributed by atoms with Crippen LogP contribution < -0.4 is 19.5 Å². The van der Waals surface area contributed by atoms with E-state index in [0.29, 0.717) is 17.1 Å². The van der Waals surface area contributed by atoms with Gasteiger partial charge in [-0.15, -0.1) is 0 Å². The van der Waals surface area contributed by atoms with Crippen molar-refractivity contribution in [1.82, 2.24) is 5.32 Å². The number of amides is 1. The Morgan fingerprint density at radius 3 is 2.36 bits per heavy atom. The fourth-order valence-electron chi connectivity index (χ4n) is 2.62. The number of nitrogens with one attached hydrogen (secondary N) is 1. The first-order valence-electron chi connectivity index (χ1n) is 8.71. The van der Waals surface area contributed by atoms with Gasteiger partial charge in [0.05, 0.1) is 25.2 Å². The van der Waals surface area contributed by atoms with Gasteiger partial charge in [0.15, 0.2) is 18.1 Å². The van der Waals surface area contributed by atoms with Crippen molar-refractivity contribution in [2.45, 2.75) is 20.3 Å². The summed E-state index contributed by atoms with van der Waals surface area (Å²) in [6, 6.07) is 8.48. The van der Waals surface area contributed by atoms with E-state index >= 15 is 0 Å². The second kappa shape index (κ2) is 9.59. The fraction of sp³-hybridized carbons (Fsp3) is 0.350. The van der Waals surface area contributed by atoms with Crippen LogP contribution in [0, 0.1) is 24.0 Å². The van der Waals surface area contributed by atoms with Crippen molar-refractivity contribution < 1.29 is 23.9 Å². The molecule has 0 saturated carbocycles. The molecule has 0 heterocycles. The number of ether oxygens (including phenoxy) is 3. The second-order valence-electron chi connectivity index (χ2n) is 6.23. The maximum Gasteiger partial charge on any atom is 0.276 e. The van der Waals surface area contributed by atoms with Crippen LogP contribution in [0.2, 0.25) is 0 Å². The summed E-state index contributed by atoms with van der Waals surface area (Å²) in [7, 11) is 2.87. The van der Waals surface area contributed by atoms with E-state index in [1.165, 1.54) is 20.3 Å². The maximum atomic E-state index is 12.0. The number of benzene rings is 2. The Bertz CT molecular complexity index is 866. The van der Waals surface area contributed by atoms with E-state index in [-0.39, 0.29) is 36.9 Å². The van der Waals surface area contributed by atoms with Gasteiger partial charge in [-0.05, 0) is 49.6 Å². The van der Waals surface area contributed by atoms with Crippen molar-refractivity contribution in [3.63, 3.8) is 0 Å². The van der Waals surface area contributed by atoms with Gasteiger partial charge in [-0.25, -0.2) is 0 Å². The van der Waals surface area contributed by atoms with Gasteiger partial charge in [0.25, 0.3) is 11.6 Å². The quantitative estimate of drug-likeness (QED) is 0.524. The zero-order chi connectivity index (χ0) is 20.7. The molecule has 1 amide bonds. The fourth-order valence-corrected chi connectivity index (χ4v) is 2.62. The number of nitro benzene ring substituents is 1. The molecular formula is C20H24N2O6. The van der Waals surface area contributed by atoms with E-state index in [1.807, 2.05) is 32.0 Å². The van der Waals surface area contributed by atoms with Crippen LogP contribution in [0.3, 0.4) is 0 Å². The highest BCUT2D eigenvalue weighted by molar-refractivity contribution is 5.77. The molecule has 2 aromatic carbocycles. The lowest BCUT2D eigenvalue weighted by molar-refractivity contribution is -0.385. The van der Waals surface area contributed by atoms with Crippen molar-refractivity contribution in [2.24, 2.45) is 0 Å². The summed E-state index contributed by atoms with van der Waals surface area (Å²) in [5.74, 6) is 0.992. The van der Waals surface area contributed by atoms with E-state index in [0.717, 1.165) is 11.1 Å². The SMILES string of the molecule is COc1cc(CCNC(=O)COc2ccc(C)c(C)c2)c([N+](=O)[O-])cc1OC. The van der Waals surface area contributed by atoms with Crippen LogP contribution in [0.5, 0.6) is 17.2 Å². The zero-order valence-corrected chi connectivity index (χ0v) is 16.4. The molecule has 0 saturated heterocycles. The summed E-state index contributed by atoms with van der Waals surface area (Å²) in [6.45, 7) is 4.07. The topological polar surface area (TPSA) is 99.9 Å². The van der Waals surface area contributed by atoms with Crippen LogP contribution in [-0.4, -0.2) is 38.2 Å². The Morgan fingerprint density at radius 2 is 1.75 bits per heavy atom. The average Bonchev–Trinajstić information content (AvgIpc) is 2.68. The van der Waals surface area contributed by atoms with Gasteiger partial charge in [-0.1, -0.05) is 6.07 Å². The van der Waals surface area contributed by atoms with Crippen molar-refractivity contribution in [3.05, 3.63) is 57.1 Å². The number of hydrogen-bond donors (Lipinski definition) is 1. The van der Waals surface area contributed by atoms with Gasteiger partial charge in [0, 0.05) is 12.1 Å². The predicted molar refractivity (Wildman–Crippen MR) is 104 cm³/mol. The van der Waals surface area contributed by atoms with Crippen molar-refractivity contribution in [3.8, 4) is 17.2 Å². The summed E-state index contributed by atoms with van der Waals surface area (Å²) >= 11 is 0. The maximum absolute atomic E-state index is 12.0. The minimum absolute atomic E-state index is 0.0849. The molecule has 0 aliphatic rings. The predicted octanol–water partition coefficient (Wildman–Crippen LogP) is 2.97. The van der Waals surface area contributed by atoms with Crippen LogP contribution in [-0.2, 0) is 11.2 Å². The van der Waals surface area contributed by atoms with Crippen molar-refractivity contribution in [1.29, 1.82) is 0 Å². The zero-order valence-electron chi connectivity index (χ0n) is 16.4. The van der Waals surface area contributed by atoms with Crippen LogP contribution in [0.15, 0.2) is 30.3 Å². The first-order valence-corrected chi connectivity index (χ1v) is 8.71. The molecule has 8 heteroatoms. The number of nitrogens with zero attached hydrogens (tertiary/aromatic N) is 1. The molecule has 0 aliphatic heterocycles. The third-order valence-corrected chi connectivity index (χ3v) is 4.35. The first kappa shape index (κ1) is 21.0. The first-order chi connectivity index (χ1) is 13.3. The largest absolute Gasteiger partial charge is 0.493 e. The minimum Gasteiger partial charge on any atom is -0.493 e. The van der Waals surface area contributed by atoms with E-state index < -0.39 is 4.92 Å². The van der Waals surface area contributed by atoms with Gasteiger partial charge in [-0.3, -0.25) is 14.9 Å². The minimum atomic E-state index is -0.484. The molecule has 2 aromatic rings. The van der Waals surface area contributed by atoms with Crippen LogP contribution >= 0.6 is 0 Å². The average molecular weight is 388 g/mol. The monoisotopic (exact) mass is 388 g/mol. The molecule has 28 heavy (non-hydrogen) atoms. The highest BCUT2D eigenvalue weighted by Crippen LogP contribution is 2.34. The molecule has 0 bridgehead atoms. The highest BCUT2D eigenvalue weighted by Gasteiger charge is 2.19. The molecule has 150 valence electrons. The molecule has 0 unspecified atom stereocenters. The van der Waals surface area contributed by atoms with Gasteiger partial charge in [0.2, 0.25) is 0 Å². The van der Waals surface area contributed by atoms with Gasteiger partial charge in [-0.2, -0.15) is 0 Å².